The highest BCUT2D eigenvalue weighted by Crippen LogP contribution is 2.59. The molecule has 1 saturated heterocycles. The van der Waals surface area contributed by atoms with Gasteiger partial charge < -0.3 is 4.74 Å². The van der Waals surface area contributed by atoms with Crippen molar-refractivity contribution in [1.29, 1.82) is 0 Å². The molecule has 0 aromatic heterocycles. The quantitative estimate of drug-likeness (QED) is 0.459. The summed E-state index contributed by atoms with van der Waals surface area (Å²) in [5.41, 5.74) is 0.0597. The molecule has 2 heterocycles. The zero-order chi connectivity index (χ0) is 9.81. The first-order valence-corrected chi connectivity index (χ1v) is 5.22. The maximum Gasteiger partial charge on any atom is 0.330 e. The Morgan fingerprint density at radius 3 is 2.93 bits per heavy atom. The van der Waals surface area contributed by atoms with Crippen molar-refractivity contribution in [2.24, 2.45) is 5.41 Å². The fraction of sp³-hybridized carbons (Fsp3) is 0.727. The van der Waals surface area contributed by atoms with E-state index in [4.69, 9.17) is 4.74 Å². The molecule has 0 amide bonds. The van der Waals surface area contributed by atoms with Crippen LogP contribution in [0.15, 0.2) is 12.2 Å². The van der Waals surface area contributed by atoms with E-state index in [2.05, 4.69) is 11.0 Å². The summed E-state index contributed by atoms with van der Waals surface area (Å²) in [7, 11) is 1.49. The number of rotatable bonds is 1. The van der Waals surface area contributed by atoms with Crippen LogP contribution in [0.5, 0.6) is 0 Å². The summed E-state index contributed by atoms with van der Waals surface area (Å²) in [4.78, 5) is 14.1. The number of carbonyl (C=O) groups is 1. The predicted molar refractivity (Wildman–Crippen MR) is 51.7 cm³/mol. The van der Waals surface area contributed by atoms with Gasteiger partial charge in [-0.2, -0.15) is 0 Å². The van der Waals surface area contributed by atoms with Gasteiger partial charge in [-0.05, 0) is 24.7 Å². The molecular weight excluding hydrogens is 178 g/mol. The molecule has 1 atom stereocenters. The molecule has 0 bridgehead atoms. The Labute approximate surface area is 83.7 Å². The number of ether oxygens (including phenoxy) is 1. The molecule has 0 aromatic rings. The summed E-state index contributed by atoms with van der Waals surface area (Å²) in [6.07, 6.45) is 7.69. The van der Waals surface area contributed by atoms with E-state index in [0.717, 1.165) is 19.5 Å². The SMILES string of the molecule is COC(=O)C12C=CCN1CC1(CC1)C2. The number of methoxy groups -OCH3 is 1. The normalized spacial score (nSPS) is 37.5. The fourth-order valence-electron chi connectivity index (χ4n) is 3.01. The zero-order valence-corrected chi connectivity index (χ0v) is 8.45. The number of hydrogen-bond acceptors (Lipinski definition) is 3. The molecule has 14 heavy (non-hydrogen) atoms. The summed E-state index contributed by atoms with van der Waals surface area (Å²) < 4.78 is 4.93. The number of esters is 1. The minimum atomic E-state index is -0.398. The highest BCUT2D eigenvalue weighted by Gasteiger charge is 2.62. The number of hydrogen-bond donors (Lipinski definition) is 0. The van der Waals surface area contributed by atoms with E-state index in [1.807, 2.05) is 6.08 Å². The van der Waals surface area contributed by atoms with Crippen LogP contribution in [0.1, 0.15) is 19.3 Å². The smallest absolute Gasteiger partial charge is 0.330 e. The maximum absolute atomic E-state index is 11.8. The van der Waals surface area contributed by atoms with Crippen LogP contribution in [-0.4, -0.2) is 36.6 Å². The number of fused-ring (bicyclic) bond motifs is 1. The predicted octanol–water partition coefficient (Wildman–Crippen LogP) is 0.954. The molecule has 0 aromatic carbocycles. The summed E-state index contributed by atoms with van der Waals surface area (Å²) >= 11 is 0. The second kappa shape index (κ2) is 2.40. The van der Waals surface area contributed by atoms with Crippen LogP contribution in [0, 0.1) is 5.41 Å². The molecule has 1 saturated carbocycles. The lowest BCUT2D eigenvalue weighted by Gasteiger charge is -2.27. The summed E-state index contributed by atoms with van der Waals surface area (Å²) in [6.45, 7) is 1.99. The van der Waals surface area contributed by atoms with Gasteiger partial charge in [0.05, 0.1) is 7.11 Å². The van der Waals surface area contributed by atoms with Crippen LogP contribution < -0.4 is 0 Å². The molecule has 1 aliphatic carbocycles. The molecule has 2 fully saturated rings. The van der Waals surface area contributed by atoms with Crippen LogP contribution in [0.3, 0.4) is 0 Å². The van der Waals surface area contributed by atoms with E-state index < -0.39 is 5.54 Å². The first-order chi connectivity index (χ1) is 6.71. The molecule has 76 valence electrons. The Bertz CT molecular complexity index is 319. The molecule has 0 N–H and O–H groups in total. The molecule has 3 nitrogen and oxygen atoms in total. The highest BCUT2D eigenvalue weighted by atomic mass is 16.5. The van der Waals surface area contributed by atoms with Gasteiger partial charge in [0.15, 0.2) is 0 Å². The standard InChI is InChI=1S/C11H15NO2/c1-14-9(13)11-3-2-6-12(11)8-10(7-11)4-5-10/h2-3H,4-8H2,1H3. The van der Waals surface area contributed by atoms with Crippen molar-refractivity contribution in [3.63, 3.8) is 0 Å². The van der Waals surface area contributed by atoms with Gasteiger partial charge in [0, 0.05) is 13.1 Å². The first kappa shape index (κ1) is 8.48. The molecule has 3 aliphatic rings. The zero-order valence-electron chi connectivity index (χ0n) is 8.45. The Balaban J connectivity index is 1.95. The molecule has 0 radical (unpaired) electrons. The minimum absolute atomic E-state index is 0.0741. The molecular formula is C11H15NO2. The first-order valence-electron chi connectivity index (χ1n) is 5.22. The van der Waals surface area contributed by atoms with Crippen molar-refractivity contribution in [3.8, 4) is 0 Å². The Hall–Kier alpha value is -0.830. The Morgan fingerprint density at radius 2 is 2.29 bits per heavy atom. The second-order valence-electron chi connectivity index (χ2n) is 4.88. The minimum Gasteiger partial charge on any atom is -0.467 e. The van der Waals surface area contributed by atoms with Gasteiger partial charge in [0.25, 0.3) is 0 Å². The average molecular weight is 193 g/mol. The molecule has 1 unspecified atom stereocenters. The lowest BCUT2D eigenvalue weighted by atomic mass is 9.91. The van der Waals surface area contributed by atoms with Gasteiger partial charge in [-0.15, -0.1) is 0 Å². The number of nitrogens with zero attached hydrogens (tertiary/aromatic N) is 1. The lowest BCUT2D eigenvalue weighted by molar-refractivity contribution is -0.149. The van der Waals surface area contributed by atoms with Gasteiger partial charge in [-0.3, -0.25) is 4.90 Å². The lowest BCUT2D eigenvalue weighted by Crippen LogP contribution is -2.46. The van der Waals surface area contributed by atoms with Crippen LogP contribution in [-0.2, 0) is 9.53 Å². The van der Waals surface area contributed by atoms with Crippen molar-refractivity contribution < 1.29 is 9.53 Å². The van der Waals surface area contributed by atoms with Crippen LogP contribution >= 0.6 is 0 Å². The van der Waals surface area contributed by atoms with Gasteiger partial charge in [0.2, 0.25) is 0 Å². The average Bonchev–Trinajstić information content (AvgIpc) is 2.66. The van der Waals surface area contributed by atoms with Crippen molar-refractivity contribution in [1.82, 2.24) is 4.90 Å². The third-order valence-electron chi connectivity index (χ3n) is 3.95. The largest absolute Gasteiger partial charge is 0.467 e. The van der Waals surface area contributed by atoms with E-state index in [0.29, 0.717) is 5.41 Å². The molecule has 1 spiro atoms. The van der Waals surface area contributed by atoms with Crippen molar-refractivity contribution in [2.45, 2.75) is 24.8 Å². The molecule has 2 aliphatic heterocycles. The molecule has 3 heteroatoms. The topological polar surface area (TPSA) is 29.5 Å². The van der Waals surface area contributed by atoms with E-state index in [-0.39, 0.29) is 5.97 Å². The van der Waals surface area contributed by atoms with Crippen LogP contribution in [0.2, 0.25) is 0 Å². The molecule has 3 rings (SSSR count). The summed E-state index contributed by atoms with van der Waals surface area (Å²) in [5.74, 6) is -0.0741. The van der Waals surface area contributed by atoms with E-state index in [1.165, 1.54) is 20.0 Å². The fourth-order valence-corrected chi connectivity index (χ4v) is 3.01. The summed E-state index contributed by atoms with van der Waals surface area (Å²) in [6, 6.07) is 0. The van der Waals surface area contributed by atoms with Crippen LogP contribution in [0.4, 0.5) is 0 Å². The van der Waals surface area contributed by atoms with Gasteiger partial charge >= 0.3 is 5.97 Å². The van der Waals surface area contributed by atoms with Gasteiger partial charge in [-0.1, -0.05) is 12.2 Å². The van der Waals surface area contributed by atoms with Crippen LogP contribution in [0.25, 0.3) is 0 Å². The van der Waals surface area contributed by atoms with Gasteiger partial charge in [-0.25, -0.2) is 4.79 Å². The van der Waals surface area contributed by atoms with Crippen molar-refractivity contribution in [2.75, 3.05) is 20.2 Å². The van der Waals surface area contributed by atoms with E-state index >= 15 is 0 Å². The van der Waals surface area contributed by atoms with Crippen molar-refractivity contribution in [3.05, 3.63) is 12.2 Å². The second-order valence-corrected chi connectivity index (χ2v) is 4.88. The maximum atomic E-state index is 11.8. The number of carbonyl (C=O) groups excluding carboxylic acids is 1. The third-order valence-corrected chi connectivity index (χ3v) is 3.95. The monoisotopic (exact) mass is 193 g/mol. The summed E-state index contributed by atoms with van der Waals surface area (Å²) in [5, 5.41) is 0. The van der Waals surface area contributed by atoms with E-state index in [9.17, 15) is 4.79 Å². The third kappa shape index (κ3) is 0.883. The van der Waals surface area contributed by atoms with E-state index in [1.54, 1.807) is 0 Å². The van der Waals surface area contributed by atoms with Crippen molar-refractivity contribution >= 4 is 5.97 Å². The Morgan fingerprint density at radius 1 is 1.50 bits per heavy atom. The Kier molecular flexibility index (Phi) is 1.45. The highest BCUT2D eigenvalue weighted by molar-refractivity contribution is 5.85. The van der Waals surface area contributed by atoms with Gasteiger partial charge in [0.1, 0.15) is 5.54 Å².